The van der Waals surface area contributed by atoms with Crippen molar-refractivity contribution in [3.05, 3.63) is 59.2 Å². The molecule has 0 spiro atoms. The zero-order chi connectivity index (χ0) is 21.3. The maximum atomic E-state index is 6.19. The summed E-state index contributed by atoms with van der Waals surface area (Å²) < 4.78 is 17.4. The minimum atomic E-state index is 0. The topological polar surface area (TPSA) is 64.1 Å². The number of halogens is 1. The number of nitrogens with zero attached hydrogens (tertiary/aromatic N) is 1. The Morgan fingerprint density at radius 2 is 1.97 bits per heavy atom. The van der Waals surface area contributed by atoms with Crippen molar-refractivity contribution in [3.63, 3.8) is 0 Å². The number of ether oxygens (including phenoxy) is 3. The minimum Gasteiger partial charge on any atom is -0.491 e. The number of rotatable bonds is 8. The van der Waals surface area contributed by atoms with E-state index in [9.17, 15) is 0 Å². The van der Waals surface area contributed by atoms with E-state index in [1.54, 1.807) is 7.05 Å². The van der Waals surface area contributed by atoms with Crippen LogP contribution in [0.2, 0.25) is 0 Å². The van der Waals surface area contributed by atoms with Crippen LogP contribution in [0, 0.1) is 6.92 Å². The molecule has 1 heterocycles. The van der Waals surface area contributed by atoms with Crippen LogP contribution in [0.15, 0.2) is 47.5 Å². The molecule has 1 unspecified atom stereocenters. The number of hydrogen-bond acceptors (Lipinski definition) is 4. The lowest BCUT2D eigenvalue weighted by Crippen LogP contribution is -2.36. The molecule has 170 valence electrons. The first-order valence-electron chi connectivity index (χ1n) is 10.6. The van der Waals surface area contributed by atoms with Crippen LogP contribution in [0.1, 0.15) is 37.0 Å². The molecule has 0 saturated carbocycles. The number of aliphatic imine (C=N–C) groups is 1. The Morgan fingerprint density at radius 3 is 2.68 bits per heavy atom. The van der Waals surface area contributed by atoms with E-state index in [0.717, 1.165) is 41.6 Å². The Balaban J connectivity index is 0.00000341. The van der Waals surface area contributed by atoms with Crippen molar-refractivity contribution >= 4 is 29.9 Å². The van der Waals surface area contributed by atoms with Crippen molar-refractivity contribution in [2.45, 2.75) is 52.5 Å². The number of guanidine groups is 1. The summed E-state index contributed by atoms with van der Waals surface area (Å²) >= 11 is 0. The van der Waals surface area contributed by atoms with Crippen molar-refractivity contribution in [1.82, 2.24) is 10.6 Å². The summed E-state index contributed by atoms with van der Waals surface area (Å²) in [5, 5.41) is 6.75. The Kier molecular flexibility index (Phi) is 10.4. The monoisotopic (exact) mass is 539 g/mol. The van der Waals surface area contributed by atoms with Crippen molar-refractivity contribution in [2.24, 2.45) is 4.99 Å². The van der Waals surface area contributed by atoms with Crippen LogP contribution >= 0.6 is 24.0 Å². The van der Waals surface area contributed by atoms with E-state index in [0.29, 0.717) is 19.7 Å². The van der Waals surface area contributed by atoms with Gasteiger partial charge in [-0.05, 0) is 50.1 Å². The minimum absolute atomic E-state index is 0. The van der Waals surface area contributed by atoms with E-state index < -0.39 is 0 Å². The first kappa shape index (κ1) is 25.3. The first-order chi connectivity index (χ1) is 14.5. The van der Waals surface area contributed by atoms with Crippen LogP contribution < -0.4 is 20.1 Å². The van der Waals surface area contributed by atoms with Gasteiger partial charge < -0.3 is 24.8 Å². The van der Waals surface area contributed by atoms with Gasteiger partial charge in [0.1, 0.15) is 17.6 Å². The molecule has 2 N–H and O–H groups in total. The van der Waals surface area contributed by atoms with E-state index in [-0.39, 0.29) is 36.2 Å². The predicted molar refractivity (Wildman–Crippen MR) is 136 cm³/mol. The van der Waals surface area contributed by atoms with Crippen LogP contribution in [0.4, 0.5) is 0 Å². The molecule has 3 rings (SSSR count). The van der Waals surface area contributed by atoms with Crippen molar-refractivity contribution in [2.75, 3.05) is 20.3 Å². The number of aryl methyl sites for hydroxylation is 1. The predicted octanol–water partition coefficient (Wildman–Crippen LogP) is 4.43. The maximum Gasteiger partial charge on any atom is 0.191 e. The summed E-state index contributed by atoms with van der Waals surface area (Å²) in [6.07, 6.45) is 1.22. The second kappa shape index (κ2) is 12.8. The highest BCUT2D eigenvalue weighted by molar-refractivity contribution is 14.0. The molecule has 1 aliphatic heterocycles. The Hall–Kier alpha value is -2.00. The lowest BCUT2D eigenvalue weighted by atomic mass is 10.1. The average molecular weight is 539 g/mol. The third-order valence-electron chi connectivity index (χ3n) is 4.80. The van der Waals surface area contributed by atoms with Gasteiger partial charge in [0.25, 0.3) is 0 Å². The molecule has 0 bridgehead atoms. The van der Waals surface area contributed by atoms with Gasteiger partial charge in [-0.2, -0.15) is 0 Å². The molecule has 0 amide bonds. The molecular formula is C24H34IN3O3. The average Bonchev–Trinajstić information content (AvgIpc) is 3.22. The van der Waals surface area contributed by atoms with E-state index in [2.05, 4.69) is 52.9 Å². The molecule has 0 aliphatic carbocycles. The van der Waals surface area contributed by atoms with Crippen molar-refractivity contribution in [3.8, 4) is 11.5 Å². The summed E-state index contributed by atoms with van der Waals surface area (Å²) in [5.74, 6) is 2.53. The van der Waals surface area contributed by atoms with Gasteiger partial charge in [-0.25, -0.2) is 0 Å². The molecule has 1 aliphatic rings. The molecule has 0 radical (unpaired) electrons. The van der Waals surface area contributed by atoms with Crippen molar-refractivity contribution in [1.29, 1.82) is 0 Å². The third kappa shape index (κ3) is 8.22. The molecule has 1 saturated heterocycles. The Labute approximate surface area is 202 Å². The maximum absolute atomic E-state index is 6.19. The highest BCUT2D eigenvalue weighted by Gasteiger charge is 2.18. The van der Waals surface area contributed by atoms with Crippen LogP contribution in [0.5, 0.6) is 11.5 Å². The van der Waals surface area contributed by atoms with Gasteiger partial charge in [-0.15, -0.1) is 24.0 Å². The molecule has 6 nitrogen and oxygen atoms in total. The fourth-order valence-electron chi connectivity index (χ4n) is 3.29. The van der Waals surface area contributed by atoms with Gasteiger partial charge >= 0.3 is 0 Å². The summed E-state index contributed by atoms with van der Waals surface area (Å²) in [7, 11) is 1.77. The lowest BCUT2D eigenvalue weighted by molar-refractivity contribution is 0.140. The van der Waals surface area contributed by atoms with Gasteiger partial charge in [0.05, 0.1) is 19.3 Å². The Bertz CT molecular complexity index is 852. The normalized spacial score (nSPS) is 16.0. The summed E-state index contributed by atoms with van der Waals surface area (Å²) in [5.41, 5.74) is 3.41. The van der Waals surface area contributed by atoms with E-state index >= 15 is 0 Å². The molecule has 7 heteroatoms. The van der Waals surface area contributed by atoms with E-state index in [4.69, 9.17) is 14.2 Å². The molecule has 31 heavy (non-hydrogen) atoms. The molecule has 1 atom stereocenters. The molecule has 1 fully saturated rings. The Morgan fingerprint density at radius 1 is 1.16 bits per heavy atom. The van der Waals surface area contributed by atoms with Crippen LogP contribution in [-0.4, -0.2) is 38.4 Å². The van der Waals surface area contributed by atoms with Crippen molar-refractivity contribution < 1.29 is 14.2 Å². The van der Waals surface area contributed by atoms with E-state index in [1.165, 1.54) is 5.56 Å². The van der Waals surface area contributed by atoms with Gasteiger partial charge in [-0.1, -0.05) is 24.3 Å². The largest absolute Gasteiger partial charge is 0.491 e. The van der Waals surface area contributed by atoms with Gasteiger partial charge in [0, 0.05) is 32.1 Å². The number of hydrogen-bond donors (Lipinski definition) is 2. The zero-order valence-electron chi connectivity index (χ0n) is 18.8. The zero-order valence-corrected chi connectivity index (χ0v) is 21.1. The molecule has 0 aromatic heterocycles. The molecular weight excluding hydrogens is 505 g/mol. The smallest absolute Gasteiger partial charge is 0.191 e. The van der Waals surface area contributed by atoms with Crippen LogP contribution in [0.25, 0.3) is 0 Å². The van der Waals surface area contributed by atoms with Crippen LogP contribution in [-0.2, 0) is 17.8 Å². The SMILES string of the molecule is CN=C(NCc1cccc(OC(C)C)c1)NCc1ccc(C)cc1OC1CCOC1.I. The third-order valence-corrected chi connectivity index (χ3v) is 4.80. The van der Waals surface area contributed by atoms with Crippen LogP contribution in [0.3, 0.4) is 0 Å². The fraction of sp³-hybridized carbons (Fsp3) is 0.458. The quantitative estimate of drug-likeness (QED) is 0.295. The second-order valence-corrected chi connectivity index (χ2v) is 7.81. The van der Waals surface area contributed by atoms with Gasteiger partial charge in [-0.3, -0.25) is 4.99 Å². The first-order valence-corrected chi connectivity index (χ1v) is 10.6. The highest BCUT2D eigenvalue weighted by Crippen LogP contribution is 2.24. The summed E-state index contributed by atoms with van der Waals surface area (Å²) in [6.45, 7) is 8.84. The molecule has 2 aromatic carbocycles. The van der Waals surface area contributed by atoms with E-state index in [1.807, 2.05) is 26.0 Å². The standard InChI is InChI=1S/C24H33N3O3.HI/c1-17(2)29-21-7-5-6-19(13-21)14-26-24(25-4)27-15-20-9-8-18(3)12-23(20)30-22-10-11-28-16-22;/h5-9,12-13,17,22H,10-11,14-16H2,1-4H3,(H2,25,26,27);1H. The fourth-order valence-corrected chi connectivity index (χ4v) is 3.29. The summed E-state index contributed by atoms with van der Waals surface area (Å²) in [4.78, 5) is 4.34. The second-order valence-electron chi connectivity index (χ2n) is 7.81. The number of nitrogens with one attached hydrogen (secondary N) is 2. The summed E-state index contributed by atoms with van der Waals surface area (Å²) in [6, 6.07) is 14.4. The lowest BCUT2D eigenvalue weighted by Gasteiger charge is -2.18. The highest BCUT2D eigenvalue weighted by atomic mass is 127. The molecule has 2 aromatic rings. The van der Waals surface area contributed by atoms with Gasteiger partial charge in [0.2, 0.25) is 0 Å². The van der Waals surface area contributed by atoms with Gasteiger partial charge in [0.15, 0.2) is 5.96 Å². The number of benzene rings is 2.